The first-order valence-corrected chi connectivity index (χ1v) is 9.85. The SMILES string of the molecule is Cc1c2c(c(CC(C)(C)C)c3ccccc13)Oc1cccc3nc[n+](C)c-2c13. The van der Waals surface area contributed by atoms with E-state index in [1.54, 1.807) is 0 Å². The molecule has 0 spiro atoms. The van der Waals surface area contributed by atoms with Gasteiger partial charge in [-0.05, 0) is 52.2 Å². The smallest absolute Gasteiger partial charge is 0.287 e. The van der Waals surface area contributed by atoms with E-state index < -0.39 is 0 Å². The van der Waals surface area contributed by atoms with Crippen LogP contribution in [0.1, 0.15) is 31.9 Å². The summed E-state index contributed by atoms with van der Waals surface area (Å²) < 4.78 is 8.75. The number of rotatable bonds is 1. The summed E-state index contributed by atoms with van der Waals surface area (Å²) in [6.07, 6.45) is 2.87. The summed E-state index contributed by atoms with van der Waals surface area (Å²) in [7, 11) is 2.08. The van der Waals surface area contributed by atoms with Crippen LogP contribution >= 0.6 is 0 Å². The Morgan fingerprint density at radius 1 is 1.00 bits per heavy atom. The predicted octanol–water partition coefficient (Wildman–Crippen LogP) is 5.88. The minimum atomic E-state index is 0.155. The lowest BCUT2D eigenvalue weighted by Gasteiger charge is -2.28. The van der Waals surface area contributed by atoms with E-state index in [0.29, 0.717) is 0 Å². The molecule has 1 aliphatic rings. The molecule has 1 aromatic heterocycles. The van der Waals surface area contributed by atoms with Gasteiger partial charge in [0, 0.05) is 5.56 Å². The Morgan fingerprint density at radius 2 is 1.75 bits per heavy atom. The average molecular weight is 369 g/mol. The summed E-state index contributed by atoms with van der Waals surface area (Å²) >= 11 is 0. The van der Waals surface area contributed by atoms with Crippen molar-refractivity contribution in [3.05, 3.63) is 59.9 Å². The molecule has 4 aromatic rings. The van der Waals surface area contributed by atoms with Crippen LogP contribution in [0.25, 0.3) is 32.9 Å². The van der Waals surface area contributed by atoms with Crippen LogP contribution in [0.5, 0.6) is 11.5 Å². The van der Waals surface area contributed by atoms with Gasteiger partial charge in [-0.25, -0.2) is 4.57 Å². The summed E-state index contributed by atoms with van der Waals surface area (Å²) in [6, 6.07) is 14.9. The Kier molecular flexibility index (Phi) is 3.54. The molecule has 0 unspecified atom stereocenters. The van der Waals surface area contributed by atoms with Gasteiger partial charge in [-0.15, -0.1) is 0 Å². The third-order valence-corrected chi connectivity index (χ3v) is 5.65. The highest BCUT2D eigenvalue weighted by molar-refractivity contribution is 6.05. The summed E-state index contributed by atoms with van der Waals surface area (Å²) in [5.41, 5.74) is 6.08. The monoisotopic (exact) mass is 369 g/mol. The number of nitrogens with zero attached hydrogens (tertiary/aromatic N) is 2. The maximum atomic E-state index is 6.62. The van der Waals surface area contributed by atoms with Gasteiger partial charge in [-0.2, -0.15) is 0 Å². The van der Waals surface area contributed by atoms with Gasteiger partial charge in [0.15, 0.2) is 11.2 Å². The van der Waals surface area contributed by atoms with Crippen LogP contribution in [-0.4, -0.2) is 4.98 Å². The molecule has 0 saturated heterocycles. The number of fused-ring (bicyclic) bond motifs is 3. The minimum Gasteiger partial charge on any atom is -0.455 e. The molecule has 3 nitrogen and oxygen atoms in total. The number of aryl methyl sites for hydroxylation is 2. The number of ether oxygens (including phenoxy) is 1. The van der Waals surface area contributed by atoms with Gasteiger partial charge in [0.05, 0.1) is 12.6 Å². The fraction of sp³-hybridized carbons (Fsp3) is 0.280. The van der Waals surface area contributed by atoms with E-state index in [4.69, 9.17) is 4.74 Å². The van der Waals surface area contributed by atoms with Crippen LogP contribution in [0, 0.1) is 12.3 Å². The first-order valence-electron chi connectivity index (χ1n) is 9.85. The second-order valence-electron chi connectivity index (χ2n) is 9.05. The molecular formula is C25H25N2O+. The molecule has 0 amide bonds. The quantitative estimate of drug-likeness (QED) is 0.345. The van der Waals surface area contributed by atoms with Crippen LogP contribution in [0.3, 0.4) is 0 Å². The highest BCUT2D eigenvalue weighted by Crippen LogP contribution is 2.51. The largest absolute Gasteiger partial charge is 0.455 e. The number of hydrogen-bond donors (Lipinski definition) is 0. The summed E-state index contributed by atoms with van der Waals surface area (Å²) in [6.45, 7) is 9.08. The van der Waals surface area contributed by atoms with Crippen molar-refractivity contribution >= 4 is 21.7 Å². The normalized spacial score (nSPS) is 12.9. The summed E-state index contributed by atoms with van der Waals surface area (Å²) in [5.74, 6) is 1.90. The van der Waals surface area contributed by atoms with Crippen molar-refractivity contribution in [2.75, 3.05) is 0 Å². The lowest BCUT2D eigenvalue weighted by molar-refractivity contribution is -0.662. The highest BCUT2D eigenvalue weighted by Gasteiger charge is 2.32. The van der Waals surface area contributed by atoms with E-state index in [1.807, 2.05) is 12.4 Å². The fourth-order valence-corrected chi connectivity index (χ4v) is 4.50. The lowest BCUT2D eigenvalue weighted by Crippen LogP contribution is -2.33. The van der Waals surface area contributed by atoms with Gasteiger partial charge in [-0.3, -0.25) is 0 Å². The maximum Gasteiger partial charge on any atom is 0.287 e. The van der Waals surface area contributed by atoms with E-state index >= 15 is 0 Å². The molecule has 0 fully saturated rings. The van der Waals surface area contributed by atoms with Gasteiger partial charge >= 0.3 is 0 Å². The Balaban J connectivity index is 1.98. The highest BCUT2D eigenvalue weighted by atomic mass is 16.5. The predicted molar refractivity (Wildman–Crippen MR) is 114 cm³/mol. The van der Waals surface area contributed by atoms with Crippen molar-refractivity contribution in [1.82, 2.24) is 4.98 Å². The minimum absolute atomic E-state index is 0.155. The van der Waals surface area contributed by atoms with Crippen molar-refractivity contribution in [3.8, 4) is 22.8 Å². The second-order valence-corrected chi connectivity index (χ2v) is 9.05. The molecule has 0 atom stereocenters. The van der Waals surface area contributed by atoms with Crippen LogP contribution in [0.15, 0.2) is 48.8 Å². The fourth-order valence-electron chi connectivity index (χ4n) is 4.50. The zero-order valence-corrected chi connectivity index (χ0v) is 17.1. The standard InChI is InChI=1S/C25H25N2O/c1-15-16-9-6-7-10-17(16)18(13-25(2,3)4)24-21(15)23-22-19(26-14-27(23)5)11-8-12-20(22)28-24/h6-12,14H,13H2,1-5H3/q+1. The zero-order valence-electron chi connectivity index (χ0n) is 17.1. The van der Waals surface area contributed by atoms with Crippen molar-refractivity contribution in [2.45, 2.75) is 34.1 Å². The van der Waals surface area contributed by atoms with Crippen LogP contribution in [0.4, 0.5) is 0 Å². The van der Waals surface area contributed by atoms with Gasteiger partial charge in [-0.1, -0.05) is 51.1 Å². The topological polar surface area (TPSA) is 26.0 Å². The van der Waals surface area contributed by atoms with E-state index in [1.165, 1.54) is 33.2 Å². The van der Waals surface area contributed by atoms with E-state index in [0.717, 1.165) is 28.8 Å². The second kappa shape index (κ2) is 5.78. The van der Waals surface area contributed by atoms with Gasteiger partial charge in [0.25, 0.3) is 6.33 Å². The third-order valence-electron chi connectivity index (χ3n) is 5.65. The van der Waals surface area contributed by atoms with E-state index in [2.05, 4.69) is 80.7 Å². The molecule has 3 aromatic carbocycles. The molecule has 0 aliphatic carbocycles. The Hall–Kier alpha value is -2.94. The van der Waals surface area contributed by atoms with Crippen molar-refractivity contribution in [3.63, 3.8) is 0 Å². The molecule has 0 bridgehead atoms. The molecule has 0 saturated carbocycles. The molecule has 2 heterocycles. The number of benzene rings is 3. The van der Waals surface area contributed by atoms with Gasteiger partial charge in [0.1, 0.15) is 16.9 Å². The van der Waals surface area contributed by atoms with Crippen molar-refractivity contribution < 1.29 is 9.30 Å². The Bertz CT molecular complexity index is 1270. The van der Waals surface area contributed by atoms with Crippen molar-refractivity contribution in [1.29, 1.82) is 0 Å². The summed E-state index contributed by atoms with van der Waals surface area (Å²) in [4.78, 5) is 4.61. The van der Waals surface area contributed by atoms with E-state index in [-0.39, 0.29) is 5.41 Å². The molecule has 0 radical (unpaired) electrons. The van der Waals surface area contributed by atoms with Crippen molar-refractivity contribution in [2.24, 2.45) is 12.5 Å². The number of aromatic nitrogens is 2. The molecule has 28 heavy (non-hydrogen) atoms. The average Bonchev–Trinajstić information content (AvgIpc) is 2.66. The Morgan fingerprint density at radius 3 is 2.50 bits per heavy atom. The molecule has 140 valence electrons. The number of hydrogen-bond acceptors (Lipinski definition) is 2. The molecule has 1 aliphatic heterocycles. The molecule has 0 N–H and O–H groups in total. The molecule has 5 rings (SSSR count). The third kappa shape index (κ3) is 2.42. The zero-order chi connectivity index (χ0) is 19.6. The molecular weight excluding hydrogens is 344 g/mol. The van der Waals surface area contributed by atoms with Crippen LogP contribution in [0.2, 0.25) is 0 Å². The lowest BCUT2D eigenvalue weighted by atomic mass is 9.82. The maximum absolute atomic E-state index is 6.62. The Labute approximate surface area is 165 Å². The first kappa shape index (κ1) is 17.2. The van der Waals surface area contributed by atoms with Crippen LogP contribution < -0.4 is 9.30 Å². The summed E-state index contributed by atoms with van der Waals surface area (Å²) in [5, 5.41) is 3.69. The molecule has 3 heteroatoms. The van der Waals surface area contributed by atoms with Gasteiger partial charge < -0.3 is 4.74 Å². The first-order chi connectivity index (χ1) is 13.3. The van der Waals surface area contributed by atoms with Gasteiger partial charge in [0.2, 0.25) is 0 Å². The van der Waals surface area contributed by atoms with Crippen LogP contribution in [-0.2, 0) is 13.5 Å². The van der Waals surface area contributed by atoms with E-state index in [9.17, 15) is 0 Å².